The lowest BCUT2D eigenvalue weighted by Gasteiger charge is -2.21. The molecule has 8 heteroatoms. The highest BCUT2D eigenvalue weighted by molar-refractivity contribution is 7.16. The summed E-state index contributed by atoms with van der Waals surface area (Å²) >= 11 is 1.58. The Hall–Kier alpha value is -2.22. The summed E-state index contributed by atoms with van der Waals surface area (Å²) in [5, 5.41) is 5.06. The lowest BCUT2D eigenvalue weighted by molar-refractivity contribution is -0.132. The van der Waals surface area contributed by atoms with Crippen molar-refractivity contribution in [2.75, 3.05) is 24.5 Å². The summed E-state index contributed by atoms with van der Waals surface area (Å²) in [6.45, 7) is 3.32. The van der Waals surface area contributed by atoms with Crippen LogP contribution >= 0.6 is 11.3 Å². The number of rotatable bonds is 4. The van der Waals surface area contributed by atoms with Crippen LogP contribution < -0.4 is 4.90 Å². The van der Waals surface area contributed by atoms with E-state index in [0.717, 1.165) is 35.7 Å². The third-order valence-electron chi connectivity index (χ3n) is 4.94. The second-order valence-corrected chi connectivity index (χ2v) is 7.52. The van der Waals surface area contributed by atoms with E-state index in [9.17, 15) is 9.59 Å². The summed E-state index contributed by atoms with van der Waals surface area (Å²) < 4.78 is 1.90. The number of amides is 2. The lowest BCUT2D eigenvalue weighted by atomic mass is 10.0. The van der Waals surface area contributed by atoms with Gasteiger partial charge in [0.05, 0.1) is 11.9 Å². The van der Waals surface area contributed by atoms with Gasteiger partial charge in [-0.1, -0.05) is 0 Å². The molecule has 0 unspecified atom stereocenters. The highest BCUT2D eigenvalue weighted by atomic mass is 32.1. The average Bonchev–Trinajstić information content (AvgIpc) is 3.28. The SMILES string of the molecule is CCN(C(=O)CN1CCCC1=O)c1nc2c(s1)CCc1c-2cnn1C. The third-order valence-corrected chi connectivity index (χ3v) is 6.08. The Kier molecular flexibility index (Phi) is 4.07. The number of hydrogen-bond donors (Lipinski definition) is 0. The minimum Gasteiger partial charge on any atom is -0.333 e. The van der Waals surface area contributed by atoms with E-state index in [1.54, 1.807) is 21.1 Å². The van der Waals surface area contributed by atoms with E-state index in [4.69, 9.17) is 4.98 Å². The molecule has 1 aliphatic heterocycles. The van der Waals surface area contributed by atoms with Crippen molar-refractivity contribution in [1.29, 1.82) is 0 Å². The summed E-state index contributed by atoms with van der Waals surface area (Å²) in [6, 6.07) is 0. The maximum absolute atomic E-state index is 12.7. The Balaban J connectivity index is 1.59. The van der Waals surface area contributed by atoms with E-state index >= 15 is 0 Å². The monoisotopic (exact) mass is 359 g/mol. The highest BCUT2D eigenvalue weighted by Gasteiger charge is 2.29. The molecule has 2 aliphatic rings. The molecule has 0 bridgehead atoms. The molecule has 0 spiro atoms. The van der Waals surface area contributed by atoms with Gasteiger partial charge in [-0.05, 0) is 26.2 Å². The molecule has 4 rings (SSSR count). The van der Waals surface area contributed by atoms with Crippen LogP contribution in [0, 0.1) is 0 Å². The second kappa shape index (κ2) is 6.25. The number of carbonyl (C=O) groups excluding carboxylic acids is 2. The van der Waals surface area contributed by atoms with Crippen LogP contribution in [-0.4, -0.2) is 51.1 Å². The summed E-state index contributed by atoms with van der Waals surface area (Å²) in [5.74, 6) is 0.0121. The predicted octanol–water partition coefficient (Wildman–Crippen LogP) is 1.62. The number of carbonyl (C=O) groups is 2. The van der Waals surface area contributed by atoms with Crippen molar-refractivity contribution in [1.82, 2.24) is 19.7 Å². The number of anilines is 1. The number of hydrogen-bond acceptors (Lipinski definition) is 5. The van der Waals surface area contributed by atoms with Gasteiger partial charge < -0.3 is 4.90 Å². The van der Waals surface area contributed by atoms with E-state index < -0.39 is 0 Å². The molecule has 132 valence electrons. The van der Waals surface area contributed by atoms with E-state index in [1.807, 2.05) is 24.9 Å². The zero-order valence-corrected chi connectivity index (χ0v) is 15.3. The van der Waals surface area contributed by atoms with Gasteiger partial charge in [0.1, 0.15) is 6.54 Å². The van der Waals surface area contributed by atoms with Gasteiger partial charge in [0.15, 0.2) is 5.13 Å². The van der Waals surface area contributed by atoms with Crippen LogP contribution in [0.25, 0.3) is 11.3 Å². The maximum Gasteiger partial charge on any atom is 0.248 e. The molecule has 1 aliphatic carbocycles. The van der Waals surface area contributed by atoms with Crippen molar-refractivity contribution in [3.05, 3.63) is 16.8 Å². The molecule has 25 heavy (non-hydrogen) atoms. The van der Waals surface area contributed by atoms with Crippen LogP contribution in [0.5, 0.6) is 0 Å². The second-order valence-electron chi connectivity index (χ2n) is 6.45. The van der Waals surface area contributed by atoms with Crippen LogP contribution in [0.3, 0.4) is 0 Å². The molecule has 0 aromatic carbocycles. The van der Waals surface area contributed by atoms with Crippen molar-refractivity contribution < 1.29 is 9.59 Å². The summed E-state index contributed by atoms with van der Waals surface area (Å²) in [4.78, 5) is 33.8. The number of likely N-dealkylation sites (tertiary alicyclic amines) is 1. The largest absolute Gasteiger partial charge is 0.333 e. The average molecular weight is 359 g/mol. The summed E-state index contributed by atoms with van der Waals surface area (Å²) in [5.41, 5.74) is 3.23. The number of nitrogens with zero attached hydrogens (tertiary/aromatic N) is 5. The fourth-order valence-electron chi connectivity index (χ4n) is 3.56. The number of thiazole rings is 1. The molecule has 3 heterocycles. The fraction of sp³-hybridized carbons (Fsp3) is 0.529. The topological polar surface area (TPSA) is 71.3 Å². The van der Waals surface area contributed by atoms with Crippen LogP contribution in [0.4, 0.5) is 5.13 Å². The van der Waals surface area contributed by atoms with Gasteiger partial charge in [0.2, 0.25) is 11.8 Å². The zero-order valence-electron chi connectivity index (χ0n) is 14.5. The van der Waals surface area contributed by atoms with Crippen molar-refractivity contribution in [2.24, 2.45) is 7.05 Å². The summed E-state index contributed by atoms with van der Waals surface area (Å²) in [6.07, 6.45) is 5.12. The van der Waals surface area contributed by atoms with E-state index in [-0.39, 0.29) is 18.4 Å². The Morgan fingerprint density at radius 3 is 2.92 bits per heavy atom. The standard InChI is InChI=1S/C17H21N5O2S/c1-3-22(15(24)10-21-8-4-5-14(21)23)17-19-16-11-9-18-20(2)12(11)6-7-13(16)25-17/h9H,3-8,10H2,1-2H3. The number of aryl methyl sites for hydroxylation is 2. The van der Waals surface area contributed by atoms with Gasteiger partial charge in [0.25, 0.3) is 0 Å². The van der Waals surface area contributed by atoms with Crippen molar-refractivity contribution >= 4 is 28.3 Å². The molecule has 7 nitrogen and oxygen atoms in total. The van der Waals surface area contributed by atoms with Crippen LogP contribution in [0.15, 0.2) is 6.20 Å². The molecular weight excluding hydrogens is 338 g/mol. The molecule has 0 atom stereocenters. The molecule has 1 saturated heterocycles. The quantitative estimate of drug-likeness (QED) is 0.832. The maximum atomic E-state index is 12.7. The van der Waals surface area contributed by atoms with E-state index in [0.29, 0.717) is 19.5 Å². The first-order chi connectivity index (χ1) is 12.1. The third kappa shape index (κ3) is 2.74. The van der Waals surface area contributed by atoms with Gasteiger partial charge in [-0.3, -0.25) is 19.2 Å². The van der Waals surface area contributed by atoms with Crippen LogP contribution in [0.2, 0.25) is 0 Å². The molecule has 2 aromatic heterocycles. The van der Waals surface area contributed by atoms with Crippen molar-refractivity contribution in [3.63, 3.8) is 0 Å². The first-order valence-electron chi connectivity index (χ1n) is 8.67. The molecule has 0 N–H and O–H groups in total. The minimum atomic E-state index is -0.0599. The van der Waals surface area contributed by atoms with E-state index in [1.165, 1.54) is 10.6 Å². The van der Waals surface area contributed by atoms with Gasteiger partial charge in [0, 0.05) is 42.7 Å². The lowest BCUT2D eigenvalue weighted by Crippen LogP contribution is -2.40. The normalized spacial score (nSPS) is 16.1. The Morgan fingerprint density at radius 1 is 1.36 bits per heavy atom. The molecular formula is C17H21N5O2S. The Bertz CT molecular complexity index is 840. The van der Waals surface area contributed by atoms with Crippen molar-refractivity contribution in [2.45, 2.75) is 32.6 Å². The molecule has 2 amide bonds. The first kappa shape index (κ1) is 16.3. The molecule has 2 aromatic rings. The molecule has 1 fully saturated rings. The first-order valence-corrected chi connectivity index (χ1v) is 9.49. The van der Waals surface area contributed by atoms with Crippen LogP contribution in [0.1, 0.15) is 30.3 Å². The summed E-state index contributed by atoms with van der Waals surface area (Å²) in [7, 11) is 1.95. The highest BCUT2D eigenvalue weighted by Crippen LogP contribution is 2.39. The van der Waals surface area contributed by atoms with Crippen LogP contribution in [-0.2, 0) is 29.5 Å². The Labute approximate surface area is 150 Å². The van der Waals surface area contributed by atoms with E-state index in [2.05, 4.69) is 5.10 Å². The van der Waals surface area contributed by atoms with Gasteiger partial charge in [-0.2, -0.15) is 5.10 Å². The Morgan fingerprint density at radius 2 is 2.20 bits per heavy atom. The minimum absolute atomic E-state index is 0.0599. The molecule has 0 radical (unpaired) electrons. The number of fused-ring (bicyclic) bond motifs is 3. The van der Waals surface area contributed by atoms with Gasteiger partial charge >= 0.3 is 0 Å². The zero-order chi connectivity index (χ0) is 17.6. The smallest absolute Gasteiger partial charge is 0.248 e. The van der Waals surface area contributed by atoms with Gasteiger partial charge in [-0.15, -0.1) is 11.3 Å². The molecule has 0 saturated carbocycles. The number of likely N-dealkylation sites (N-methyl/N-ethyl adjacent to an activating group) is 1. The predicted molar refractivity (Wildman–Crippen MR) is 95.6 cm³/mol. The number of aromatic nitrogens is 3. The van der Waals surface area contributed by atoms with Crippen molar-refractivity contribution in [3.8, 4) is 11.3 Å². The van der Waals surface area contributed by atoms with Gasteiger partial charge in [-0.25, -0.2) is 4.98 Å². The fourth-order valence-corrected chi connectivity index (χ4v) is 4.72.